The van der Waals surface area contributed by atoms with Gasteiger partial charge in [0.05, 0.1) is 4.92 Å². The number of allylic oxidation sites excluding steroid dienone is 1. The maximum Gasteiger partial charge on any atom is 0.270 e. The molecule has 1 heterocycles. The zero-order valence-corrected chi connectivity index (χ0v) is 13.0. The van der Waals surface area contributed by atoms with Gasteiger partial charge in [-0.15, -0.1) is 0 Å². The number of benzene rings is 2. The van der Waals surface area contributed by atoms with Crippen LogP contribution in [0.1, 0.15) is 18.1 Å². The molecule has 3 aromatic rings. The summed E-state index contributed by atoms with van der Waals surface area (Å²) in [7, 11) is 0. The number of Topliss-reactive ketones (excluding diaryl/α,β-unsaturated/α-hetero) is 1. The van der Waals surface area contributed by atoms with Crippen molar-refractivity contribution in [1.82, 2.24) is 4.98 Å². The van der Waals surface area contributed by atoms with Gasteiger partial charge in [-0.1, -0.05) is 30.3 Å². The van der Waals surface area contributed by atoms with Crippen LogP contribution in [0, 0.1) is 10.1 Å². The highest BCUT2D eigenvalue weighted by Crippen LogP contribution is 2.27. The molecule has 0 spiro atoms. The maximum absolute atomic E-state index is 12.2. The van der Waals surface area contributed by atoms with Crippen molar-refractivity contribution >= 4 is 33.9 Å². The van der Waals surface area contributed by atoms with E-state index in [4.69, 9.17) is 0 Å². The highest BCUT2D eigenvalue weighted by Gasteiger charge is 2.12. The quantitative estimate of drug-likeness (QED) is 0.311. The molecule has 0 bridgehead atoms. The number of carbonyl (C=O) groups is 1. The topological polar surface area (TPSA) is 73.1 Å². The van der Waals surface area contributed by atoms with Gasteiger partial charge in [-0.2, -0.15) is 0 Å². The van der Waals surface area contributed by atoms with Gasteiger partial charge in [0.1, 0.15) is 0 Å². The molecule has 1 aromatic heterocycles. The summed E-state index contributed by atoms with van der Waals surface area (Å²) in [6, 6.07) is 13.7. The number of nitro groups is 1. The van der Waals surface area contributed by atoms with Crippen molar-refractivity contribution in [2.24, 2.45) is 0 Å². The number of non-ortho nitro benzene ring substituents is 1. The molecule has 0 atom stereocenters. The van der Waals surface area contributed by atoms with Crippen LogP contribution in [0.25, 0.3) is 22.4 Å². The Morgan fingerprint density at radius 1 is 1.17 bits per heavy atom. The summed E-state index contributed by atoms with van der Waals surface area (Å²) in [5.74, 6) is -0.106. The lowest BCUT2D eigenvalue weighted by molar-refractivity contribution is -0.384. The van der Waals surface area contributed by atoms with Crippen molar-refractivity contribution in [3.05, 3.63) is 82.2 Å². The van der Waals surface area contributed by atoms with E-state index in [0.717, 1.165) is 16.3 Å². The maximum atomic E-state index is 12.2. The minimum absolute atomic E-state index is 0.00577. The van der Waals surface area contributed by atoms with Crippen LogP contribution in [-0.2, 0) is 4.79 Å². The largest absolute Gasteiger partial charge is 0.294 e. The van der Waals surface area contributed by atoms with Gasteiger partial charge < -0.3 is 0 Å². The zero-order valence-electron chi connectivity index (χ0n) is 13.0. The lowest BCUT2D eigenvalue weighted by atomic mass is 9.95. The molecule has 0 saturated carbocycles. The van der Waals surface area contributed by atoms with E-state index in [1.54, 1.807) is 30.6 Å². The van der Waals surface area contributed by atoms with E-state index in [0.29, 0.717) is 11.1 Å². The van der Waals surface area contributed by atoms with Crippen molar-refractivity contribution < 1.29 is 9.72 Å². The van der Waals surface area contributed by atoms with Crippen LogP contribution in [0.4, 0.5) is 5.69 Å². The molecule has 5 nitrogen and oxygen atoms in total. The van der Waals surface area contributed by atoms with E-state index in [2.05, 4.69) is 4.98 Å². The van der Waals surface area contributed by atoms with Crippen LogP contribution < -0.4 is 0 Å². The Bertz CT molecular complexity index is 972. The molecule has 0 aliphatic rings. The molecule has 0 amide bonds. The number of nitrogens with zero attached hydrogens (tertiary/aromatic N) is 2. The summed E-state index contributed by atoms with van der Waals surface area (Å²) in [5.41, 5.74) is 1.90. The van der Waals surface area contributed by atoms with Crippen molar-refractivity contribution in [2.75, 3.05) is 0 Å². The van der Waals surface area contributed by atoms with Crippen molar-refractivity contribution in [1.29, 1.82) is 0 Å². The van der Waals surface area contributed by atoms with E-state index in [-0.39, 0.29) is 11.5 Å². The number of rotatable bonds is 4. The number of hydrogen-bond acceptors (Lipinski definition) is 4. The molecule has 0 unspecified atom stereocenters. The molecular weight excluding hydrogens is 304 g/mol. The van der Waals surface area contributed by atoms with Crippen LogP contribution in [0.5, 0.6) is 0 Å². The fraction of sp³-hybridized carbons (Fsp3) is 0.0526. The lowest BCUT2D eigenvalue weighted by Gasteiger charge is -2.08. The fourth-order valence-corrected chi connectivity index (χ4v) is 2.62. The van der Waals surface area contributed by atoms with Crippen molar-refractivity contribution in [3.63, 3.8) is 0 Å². The Morgan fingerprint density at radius 2 is 1.96 bits per heavy atom. The number of fused-ring (bicyclic) bond motifs is 1. The molecule has 0 N–H and O–H groups in total. The second-order valence-corrected chi connectivity index (χ2v) is 5.37. The number of hydrogen-bond donors (Lipinski definition) is 0. The summed E-state index contributed by atoms with van der Waals surface area (Å²) < 4.78 is 0. The summed E-state index contributed by atoms with van der Waals surface area (Å²) in [6.07, 6.45) is 5.10. The normalized spacial score (nSPS) is 11.5. The van der Waals surface area contributed by atoms with Gasteiger partial charge in [-0.3, -0.25) is 19.9 Å². The standard InChI is InChI=1S/C19H14N2O3/c1-13(22)19(11-14-4-2-6-16(10-14)21(23)24)18-7-3-5-15-12-20-9-8-17(15)18/h2-12H,1H3. The summed E-state index contributed by atoms with van der Waals surface area (Å²) in [6.45, 7) is 1.49. The number of ketones is 1. The molecule has 0 saturated heterocycles. The van der Waals surface area contributed by atoms with Crippen LogP contribution in [0.15, 0.2) is 60.9 Å². The number of aromatic nitrogens is 1. The first-order valence-electron chi connectivity index (χ1n) is 7.36. The highest BCUT2D eigenvalue weighted by molar-refractivity contribution is 6.27. The van der Waals surface area contributed by atoms with Gasteiger partial charge in [0.25, 0.3) is 5.69 Å². The van der Waals surface area contributed by atoms with Gasteiger partial charge >= 0.3 is 0 Å². The third-order valence-electron chi connectivity index (χ3n) is 3.74. The molecule has 118 valence electrons. The molecule has 0 aliphatic carbocycles. The Labute approximate surface area is 138 Å². The second kappa shape index (κ2) is 6.42. The Morgan fingerprint density at radius 3 is 2.71 bits per heavy atom. The highest BCUT2D eigenvalue weighted by atomic mass is 16.6. The Kier molecular flexibility index (Phi) is 4.16. The van der Waals surface area contributed by atoms with Crippen LogP contribution in [0.2, 0.25) is 0 Å². The van der Waals surface area contributed by atoms with Gasteiger partial charge in [-0.05, 0) is 35.6 Å². The third-order valence-corrected chi connectivity index (χ3v) is 3.74. The second-order valence-electron chi connectivity index (χ2n) is 5.37. The van der Waals surface area contributed by atoms with E-state index >= 15 is 0 Å². The Hall–Kier alpha value is -3.34. The van der Waals surface area contributed by atoms with Crippen molar-refractivity contribution in [3.8, 4) is 0 Å². The first kappa shape index (κ1) is 15.6. The summed E-state index contributed by atoms with van der Waals surface area (Å²) >= 11 is 0. The molecule has 5 heteroatoms. The molecule has 24 heavy (non-hydrogen) atoms. The molecule has 2 aromatic carbocycles. The monoisotopic (exact) mass is 318 g/mol. The molecular formula is C19H14N2O3. The first-order valence-corrected chi connectivity index (χ1v) is 7.36. The average Bonchev–Trinajstić information content (AvgIpc) is 2.59. The Balaban J connectivity index is 2.18. The number of pyridine rings is 1. The fourth-order valence-electron chi connectivity index (χ4n) is 2.62. The summed E-state index contributed by atoms with van der Waals surface area (Å²) in [4.78, 5) is 26.8. The number of carbonyl (C=O) groups excluding carboxylic acids is 1. The van der Waals surface area contributed by atoms with Crippen LogP contribution in [-0.4, -0.2) is 15.7 Å². The van der Waals surface area contributed by atoms with Crippen LogP contribution >= 0.6 is 0 Å². The van der Waals surface area contributed by atoms with Gasteiger partial charge in [0.2, 0.25) is 0 Å². The third kappa shape index (κ3) is 3.05. The predicted octanol–water partition coefficient (Wildman–Crippen LogP) is 4.27. The molecule has 0 aliphatic heterocycles. The lowest BCUT2D eigenvalue weighted by Crippen LogP contribution is -1.97. The summed E-state index contributed by atoms with van der Waals surface area (Å²) in [5, 5.41) is 12.8. The van der Waals surface area contributed by atoms with E-state index in [9.17, 15) is 14.9 Å². The van der Waals surface area contributed by atoms with Gasteiger partial charge in [0, 0.05) is 35.5 Å². The smallest absolute Gasteiger partial charge is 0.270 e. The van der Waals surface area contributed by atoms with E-state index in [1.807, 2.05) is 24.3 Å². The predicted molar refractivity (Wildman–Crippen MR) is 93.4 cm³/mol. The van der Waals surface area contributed by atoms with Gasteiger partial charge in [0.15, 0.2) is 5.78 Å². The van der Waals surface area contributed by atoms with E-state index in [1.165, 1.54) is 19.1 Å². The molecule has 0 radical (unpaired) electrons. The first-order chi connectivity index (χ1) is 11.6. The SMILES string of the molecule is CC(=O)C(=Cc1cccc([N+](=O)[O-])c1)c1cccc2cnccc12. The average molecular weight is 318 g/mol. The number of nitro benzene ring substituents is 1. The van der Waals surface area contributed by atoms with E-state index < -0.39 is 4.92 Å². The van der Waals surface area contributed by atoms with Crippen LogP contribution in [0.3, 0.4) is 0 Å². The molecule has 3 rings (SSSR count). The minimum Gasteiger partial charge on any atom is -0.294 e. The van der Waals surface area contributed by atoms with Gasteiger partial charge in [-0.25, -0.2) is 0 Å². The molecule has 0 fully saturated rings. The van der Waals surface area contributed by atoms with Crippen molar-refractivity contribution in [2.45, 2.75) is 6.92 Å². The zero-order chi connectivity index (χ0) is 17.1. The minimum atomic E-state index is -0.450.